The Morgan fingerprint density at radius 3 is 2.74 bits per heavy atom. The van der Waals surface area contributed by atoms with Crippen LogP contribution in [0, 0.1) is 5.82 Å². The zero-order valence-electron chi connectivity index (χ0n) is 23.4. The number of rotatable bonds is 8. The van der Waals surface area contributed by atoms with Crippen molar-refractivity contribution in [1.82, 2.24) is 29.2 Å². The average molecular weight is 603 g/mol. The molecule has 0 saturated carbocycles. The maximum atomic E-state index is 15.7. The molecule has 1 atom stereocenters. The van der Waals surface area contributed by atoms with Crippen LogP contribution in [0.5, 0.6) is 0 Å². The van der Waals surface area contributed by atoms with Crippen LogP contribution in [0.25, 0.3) is 22.0 Å². The van der Waals surface area contributed by atoms with Crippen molar-refractivity contribution >= 4 is 44.7 Å². The second-order valence-corrected chi connectivity index (χ2v) is 12.2. The maximum absolute atomic E-state index is 15.7. The zero-order valence-corrected chi connectivity index (χ0v) is 25.0. The van der Waals surface area contributed by atoms with Gasteiger partial charge in [-0.3, -0.25) is 4.68 Å². The van der Waals surface area contributed by atoms with Crippen molar-refractivity contribution in [3.63, 3.8) is 0 Å². The van der Waals surface area contributed by atoms with E-state index in [1.165, 1.54) is 11.3 Å². The first kappa shape index (κ1) is 27.1. The lowest BCUT2D eigenvalue weighted by molar-refractivity contribution is 0.271. The predicted octanol–water partition coefficient (Wildman–Crippen LogP) is 6.45. The highest BCUT2D eigenvalue weighted by Crippen LogP contribution is 2.36. The molecule has 1 saturated heterocycles. The Kier molecular flexibility index (Phi) is 7.21. The summed E-state index contributed by atoms with van der Waals surface area (Å²) in [6.07, 6.45) is 7.37. The molecule has 8 nitrogen and oxygen atoms in total. The molecule has 1 N–H and O–H groups in total. The van der Waals surface area contributed by atoms with Crippen molar-refractivity contribution in [3.05, 3.63) is 88.9 Å². The van der Waals surface area contributed by atoms with Crippen LogP contribution in [-0.2, 0) is 13.0 Å². The van der Waals surface area contributed by atoms with Gasteiger partial charge in [0.15, 0.2) is 5.13 Å². The molecule has 5 heterocycles. The Balaban J connectivity index is 1.22. The molecule has 0 aliphatic carbocycles. The van der Waals surface area contributed by atoms with Gasteiger partial charge in [0.1, 0.15) is 11.9 Å². The maximum Gasteiger partial charge on any atom is 0.186 e. The average Bonchev–Trinajstić information content (AvgIpc) is 3.80. The monoisotopic (exact) mass is 602 g/mol. The molecule has 3 aromatic heterocycles. The summed E-state index contributed by atoms with van der Waals surface area (Å²) in [5.74, 6) is -0.336. The number of allylic oxidation sites excluding steroid dienone is 1. The van der Waals surface area contributed by atoms with E-state index >= 15 is 4.39 Å². The summed E-state index contributed by atoms with van der Waals surface area (Å²) < 4.78 is 19.6. The number of halogens is 2. The van der Waals surface area contributed by atoms with E-state index in [1.54, 1.807) is 23.1 Å². The fourth-order valence-corrected chi connectivity index (χ4v) is 6.98. The number of aryl methyl sites for hydroxylation is 1. The van der Waals surface area contributed by atoms with E-state index < -0.39 is 6.04 Å². The minimum atomic E-state index is -0.430. The Morgan fingerprint density at radius 2 is 1.98 bits per heavy atom. The molecule has 0 spiro atoms. The number of anilines is 2. The van der Waals surface area contributed by atoms with Gasteiger partial charge in [-0.25, -0.2) is 14.4 Å². The highest BCUT2D eigenvalue weighted by atomic mass is 35.5. The number of fused-ring (bicyclic) bond motifs is 2. The summed E-state index contributed by atoms with van der Waals surface area (Å²) in [5.41, 5.74) is 5.87. The molecule has 7 rings (SSSR count). The van der Waals surface area contributed by atoms with Gasteiger partial charge in [-0.15, -0.1) is 11.3 Å². The first-order chi connectivity index (χ1) is 20.5. The number of thiazole rings is 1. The minimum Gasteiger partial charge on any atom is -0.368 e. The van der Waals surface area contributed by atoms with Crippen molar-refractivity contribution in [2.75, 3.05) is 42.9 Å². The minimum absolute atomic E-state index is 0.336. The molecule has 0 radical (unpaired) electrons. The molecule has 5 aromatic rings. The first-order valence-corrected chi connectivity index (χ1v) is 15.6. The van der Waals surface area contributed by atoms with Crippen LogP contribution in [0.15, 0.2) is 66.7 Å². The number of hydrogen-bond donors (Lipinski definition) is 1. The molecule has 1 unspecified atom stereocenters. The molecular formula is C31H32ClFN8S. The number of likely N-dealkylation sites (N-methyl/N-ethyl adjacent to an activating group) is 1. The van der Waals surface area contributed by atoms with Gasteiger partial charge < -0.3 is 19.7 Å². The summed E-state index contributed by atoms with van der Waals surface area (Å²) in [7, 11) is 0. The lowest BCUT2D eigenvalue weighted by Crippen LogP contribution is -2.46. The van der Waals surface area contributed by atoms with Crippen molar-refractivity contribution in [3.8, 4) is 11.1 Å². The molecule has 0 amide bonds. The van der Waals surface area contributed by atoms with Gasteiger partial charge in [0.25, 0.3) is 0 Å². The van der Waals surface area contributed by atoms with E-state index in [0.717, 1.165) is 85.4 Å². The summed E-state index contributed by atoms with van der Waals surface area (Å²) in [4.78, 5) is 13.9. The van der Waals surface area contributed by atoms with Gasteiger partial charge in [-0.05, 0) is 54.8 Å². The Labute approximate surface area is 253 Å². The highest BCUT2D eigenvalue weighted by Gasteiger charge is 2.29. The second kappa shape index (κ2) is 11.2. The van der Waals surface area contributed by atoms with Crippen LogP contribution >= 0.6 is 22.9 Å². The van der Waals surface area contributed by atoms with Crippen molar-refractivity contribution in [2.24, 2.45) is 0 Å². The number of benzene rings is 2. The smallest absolute Gasteiger partial charge is 0.186 e. The molecule has 0 bridgehead atoms. The number of aromatic nitrogens is 5. The van der Waals surface area contributed by atoms with E-state index in [9.17, 15) is 0 Å². The van der Waals surface area contributed by atoms with Crippen LogP contribution in [-0.4, -0.2) is 61.9 Å². The first-order valence-electron chi connectivity index (χ1n) is 14.3. The molecule has 216 valence electrons. The second-order valence-electron chi connectivity index (χ2n) is 10.9. The highest BCUT2D eigenvalue weighted by molar-refractivity contribution is 7.13. The third kappa shape index (κ3) is 4.97. The van der Waals surface area contributed by atoms with Gasteiger partial charge in [-0.2, -0.15) is 5.10 Å². The lowest BCUT2D eigenvalue weighted by Gasteiger charge is -2.36. The third-order valence-corrected chi connectivity index (χ3v) is 9.37. The number of nitrogens with zero attached hydrogens (tertiary/aromatic N) is 7. The van der Waals surface area contributed by atoms with Crippen LogP contribution in [0.1, 0.15) is 30.8 Å². The van der Waals surface area contributed by atoms with Crippen molar-refractivity contribution < 1.29 is 4.39 Å². The molecule has 2 aliphatic rings. The molecular weight excluding hydrogens is 571 g/mol. The number of nitrogens with one attached hydrogen (secondary N) is 1. The fourth-order valence-electron chi connectivity index (χ4n) is 6.12. The van der Waals surface area contributed by atoms with Gasteiger partial charge in [0.05, 0.1) is 33.6 Å². The van der Waals surface area contributed by atoms with Gasteiger partial charge >= 0.3 is 0 Å². The van der Waals surface area contributed by atoms with Crippen LogP contribution in [0.3, 0.4) is 0 Å². The Bertz CT molecular complexity index is 1750. The standard InChI is InChI=1S/C31H32ClFN8S/c1-3-38-10-12-39(13-11-38)27-7-6-21(15-24(27)32)22-16-25(33)23-18-41(37-26(23)17-22)30(20(2)36-31-34-8-14-42-31)29-28-5-4-9-40(28)19-35-29/h6-8,14-19,30H,2-5,9-13H2,1H3,(H,34,36). The summed E-state index contributed by atoms with van der Waals surface area (Å²) in [6, 6.07) is 9.04. The predicted molar refractivity (Wildman–Crippen MR) is 168 cm³/mol. The molecule has 1 fully saturated rings. The fraction of sp³-hybridized carbons (Fsp3) is 0.323. The molecule has 2 aliphatic heterocycles. The SMILES string of the molecule is C=C(Nc1nccs1)C(c1ncn2c1CCC2)n1cc2c(F)cc(-c3ccc(N4CCN(CC)CC4)c(Cl)c3)cc2n1. The topological polar surface area (TPSA) is 67.0 Å². The van der Waals surface area contributed by atoms with E-state index in [2.05, 4.69) is 38.2 Å². The Hall–Kier alpha value is -3.73. The van der Waals surface area contributed by atoms with Crippen molar-refractivity contribution in [2.45, 2.75) is 32.4 Å². The molecule has 42 heavy (non-hydrogen) atoms. The van der Waals surface area contributed by atoms with Gasteiger partial charge in [0, 0.05) is 61.9 Å². The van der Waals surface area contributed by atoms with E-state index in [4.69, 9.17) is 21.7 Å². The third-order valence-electron chi connectivity index (χ3n) is 8.38. The van der Waals surface area contributed by atoms with E-state index in [1.807, 2.05) is 36.0 Å². The van der Waals surface area contributed by atoms with Crippen LogP contribution < -0.4 is 10.2 Å². The summed E-state index contributed by atoms with van der Waals surface area (Å²) in [5, 5.41) is 12.0. The van der Waals surface area contributed by atoms with E-state index in [0.29, 0.717) is 21.6 Å². The largest absolute Gasteiger partial charge is 0.368 e. The van der Waals surface area contributed by atoms with Gasteiger partial charge in [-0.1, -0.05) is 31.2 Å². The summed E-state index contributed by atoms with van der Waals surface area (Å²) in [6.45, 7) is 12.5. The van der Waals surface area contributed by atoms with Crippen LogP contribution in [0.2, 0.25) is 5.02 Å². The van der Waals surface area contributed by atoms with Crippen molar-refractivity contribution in [1.29, 1.82) is 0 Å². The quantitative estimate of drug-likeness (QED) is 0.220. The lowest BCUT2D eigenvalue weighted by atomic mass is 10.0. The molecule has 11 heteroatoms. The molecule has 2 aromatic carbocycles. The number of piperazine rings is 1. The number of imidazole rings is 1. The normalized spacial score (nSPS) is 16.2. The van der Waals surface area contributed by atoms with E-state index in [-0.39, 0.29) is 5.82 Å². The van der Waals surface area contributed by atoms with Crippen LogP contribution in [0.4, 0.5) is 15.2 Å². The zero-order chi connectivity index (χ0) is 28.8. The van der Waals surface area contributed by atoms with Gasteiger partial charge in [0.2, 0.25) is 0 Å². The number of hydrogen-bond acceptors (Lipinski definition) is 7. The summed E-state index contributed by atoms with van der Waals surface area (Å²) >= 11 is 8.28. The Morgan fingerprint density at radius 1 is 1.12 bits per heavy atom.